The number of nitrogens with one attached hydrogen (secondary N) is 1. The standard InChI is InChI=1S/C31H26ClN3O2/c1-21-9-11-23(12-10-21)20-35(29-28(32)30(36)25-6-2-3-7-26(25)31(29)37)24-15-13-22(14-16-24)17-19-34-27-8-4-5-18-33-27/h2-16,18H,17,19-20H2,1H3,(H,33,34). The van der Waals surface area contributed by atoms with Crippen molar-refractivity contribution in [2.24, 2.45) is 0 Å². The van der Waals surface area contributed by atoms with Gasteiger partial charge in [0.25, 0.3) is 0 Å². The van der Waals surface area contributed by atoms with E-state index in [4.69, 9.17) is 11.6 Å². The fourth-order valence-corrected chi connectivity index (χ4v) is 4.68. The molecule has 0 unspecified atom stereocenters. The Morgan fingerprint density at radius 1 is 0.784 bits per heavy atom. The molecule has 0 spiro atoms. The van der Waals surface area contributed by atoms with Crippen LogP contribution in [0.4, 0.5) is 11.5 Å². The van der Waals surface area contributed by atoms with Crippen LogP contribution in [0.1, 0.15) is 37.4 Å². The van der Waals surface area contributed by atoms with E-state index in [2.05, 4.69) is 10.3 Å². The van der Waals surface area contributed by atoms with Crippen LogP contribution in [0.2, 0.25) is 0 Å². The van der Waals surface area contributed by atoms with Gasteiger partial charge in [-0.3, -0.25) is 9.59 Å². The predicted octanol–water partition coefficient (Wildman–Crippen LogP) is 6.58. The molecule has 0 saturated carbocycles. The summed E-state index contributed by atoms with van der Waals surface area (Å²) in [5.41, 5.74) is 5.00. The molecule has 5 nitrogen and oxygen atoms in total. The summed E-state index contributed by atoms with van der Waals surface area (Å²) in [5, 5.41) is 3.26. The van der Waals surface area contributed by atoms with Crippen LogP contribution < -0.4 is 10.2 Å². The summed E-state index contributed by atoms with van der Waals surface area (Å²) < 4.78 is 0. The van der Waals surface area contributed by atoms with Gasteiger partial charge < -0.3 is 10.2 Å². The molecule has 0 atom stereocenters. The van der Waals surface area contributed by atoms with Crippen LogP contribution in [0, 0.1) is 6.92 Å². The molecule has 0 bridgehead atoms. The second-order valence-corrected chi connectivity index (χ2v) is 9.37. The summed E-state index contributed by atoms with van der Waals surface area (Å²) in [7, 11) is 0. The molecule has 184 valence electrons. The van der Waals surface area contributed by atoms with Gasteiger partial charge in [0.15, 0.2) is 0 Å². The highest BCUT2D eigenvalue weighted by Crippen LogP contribution is 2.34. The lowest BCUT2D eigenvalue weighted by Gasteiger charge is -2.30. The van der Waals surface area contributed by atoms with Crippen LogP contribution in [0.15, 0.2) is 108 Å². The number of hydrogen-bond donors (Lipinski definition) is 1. The van der Waals surface area contributed by atoms with Crippen molar-refractivity contribution in [2.75, 3.05) is 16.8 Å². The molecule has 0 amide bonds. The van der Waals surface area contributed by atoms with Crippen LogP contribution in [0.3, 0.4) is 0 Å². The number of hydrogen-bond acceptors (Lipinski definition) is 5. The molecule has 1 aromatic heterocycles. The molecule has 0 aliphatic heterocycles. The number of nitrogens with zero attached hydrogens (tertiary/aromatic N) is 2. The fraction of sp³-hybridized carbons (Fsp3) is 0.129. The number of carbonyl (C=O) groups is 2. The number of fused-ring (bicyclic) bond motifs is 1. The van der Waals surface area contributed by atoms with Gasteiger partial charge in [0.2, 0.25) is 11.6 Å². The smallest absolute Gasteiger partial charge is 0.211 e. The number of halogens is 1. The van der Waals surface area contributed by atoms with E-state index in [0.29, 0.717) is 17.7 Å². The molecule has 6 heteroatoms. The number of benzene rings is 3. The van der Waals surface area contributed by atoms with E-state index in [0.717, 1.165) is 41.2 Å². The molecule has 0 radical (unpaired) electrons. The number of anilines is 2. The van der Waals surface area contributed by atoms with Crippen LogP contribution in [0.25, 0.3) is 0 Å². The monoisotopic (exact) mass is 507 g/mol. The first-order chi connectivity index (χ1) is 18.0. The van der Waals surface area contributed by atoms with E-state index in [1.165, 1.54) is 0 Å². The van der Waals surface area contributed by atoms with Gasteiger partial charge in [-0.15, -0.1) is 0 Å². The van der Waals surface area contributed by atoms with Gasteiger partial charge >= 0.3 is 0 Å². The molecule has 1 heterocycles. The second-order valence-electron chi connectivity index (χ2n) is 9.00. The maximum absolute atomic E-state index is 13.6. The molecule has 4 aromatic rings. The zero-order valence-electron chi connectivity index (χ0n) is 20.4. The van der Waals surface area contributed by atoms with E-state index in [9.17, 15) is 9.59 Å². The lowest BCUT2D eigenvalue weighted by Crippen LogP contribution is -2.33. The Hall–Kier alpha value is -4.22. The molecular formula is C31H26ClN3O2. The van der Waals surface area contributed by atoms with Crippen LogP contribution in [0.5, 0.6) is 0 Å². The molecule has 0 fully saturated rings. The third-order valence-corrected chi connectivity index (χ3v) is 6.75. The quantitative estimate of drug-likeness (QED) is 0.292. The van der Waals surface area contributed by atoms with Gasteiger partial charge in [-0.1, -0.05) is 83.9 Å². The van der Waals surface area contributed by atoms with Crippen LogP contribution in [-0.4, -0.2) is 23.1 Å². The highest BCUT2D eigenvalue weighted by atomic mass is 35.5. The van der Waals surface area contributed by atoms with Crippen molar-refractivity contribution in [1.82, 2.24) is 4.98 Å². The Bertz CT molecular complexity index is 1460. The minimum Gasteiger partial charge on any atom is -0.370 e. The molecule has 1 aliphatic carbocycles. The van der Waals surface area contributed by atoms with Crippen LogP contribution in [-0.2, 0) is 13.0 Å². The van der Waals surface area contributed by atoms with Gasteiger partial charge in [-0.25, -0.2) is 4.98 Å². The van der Waals surface area contributed by atoms with Gasteiger partial charge in [0, 0.05) is 36.1 Å². The van der Waals surface area contributed by atoms with Crippen LogP contribution >= 0.6 is 11.6 Å². The number of pyridine rings is 1. The lowest BCUT2D eigenvalue weighted by molar-refractivity contribution is 0.0978. The summed E-state index contributed by atoms with van der Waals surface area (Å²) in [5.74, 6) is 0.250. The number of rotatable bonds is 8. The van der Waals surface area contributed by atoms with Crippen molar-refractivity contribution in [3.8, 4) is 0 Å². The molecule has 3 aromatic carbocycles. The number of ketones is 2. The van der Waals surface area contributed by atoms with Crippen molar-refractivity contribution in [3.63, 3.8) is 0 Å². The molecule has 0 saturated heterocycles. The Balaban J connectivity index is 1.44. The fourth-order valence-electron chi connectivity index (χ4n) is 4.39. The lowest BCUT2D eigenvalue weighted by atomic mass is 9.91. The number of allylic oxidation sites excluding steroid dienone is 2. The van der Waals surface area contributed by atoms with Crippen molar-refractivity contribution in [1.29, 1.82) is 0 Å². The molecule has 1 N–H and O–H groups in total. The second kappa shape index (κ2) is 10.8. The van der Waals surface area contributed by atoms with Gasteiger partial charge in [-0.05, 0) is 48.7 Å². The summed E-state index contributed by atoms with van der Waals surface area (Å²) in [6.45, 7) is 3.17. The minimum atomic E-state index is -0.335. The number of Topliss-reactive ketones (excluding diaryl/α,β-unsaturated/α-hetero) is 2. The van der Waals surface area contributed by atoms with Gasteiger partial charge in [-0.2, -0.15) is 0 Å². The first-order valence-electron chi connectivity index (χ1n) is 12.2. The van der Waals surface area contributed by atoms with E-state index in [1.807, 2.05) is 78.6 Å². The average molecular weight is 508 g/mol. The Kier molecular flexibility index (Phi) is 7.15. The van der Waals surface area contributed by atoms with E-state index >= 15 is 0 Å². The van der Waals surface area contributed by atoms with Crippen molar-refractivity contribution >= 4 is 34.7 Å². The largest absolute Gasteiger partial charge is 0.370 e. The average Bonchev–Trinajstić information content (AvgIpc) is 2.93. The Morgan fingerprint density at radius 2 is 1.43 bits per heavy atom. The highest BCUT2D eigenvalue weighted by Gasteiger charge is 2.35. The third-order valence-electron chi connectivity index (χ3n) is 6.40. The first-order valence-corrected chi connectivity index (χ1v) is 12.5. The SMILES string of the molecule is Cc1ccc(CN(C2=C(Cl)C(=O)c3ccccc3C2=O)c2ccc(CCNc3ccccn3)cc2)cc1. The topological polar surface area (TPSA) is 62.3 Å². The van der Waals surface area contributed by atoms with Crippen molar-refractivity contribution in [3.05, 3.63) is 136 Å². The van der Waals surface area contributed by atoms with Crippen molar-refractivity contribution in [2.45, 2.75) is 19.9 Å². The summed E-state index contributed by atoms with van der Waals surface area (Å²) >= 11 is 6.60. The molecule has 37 heavy (non-hydrogen) atoms. The highest BCUT2D eigenvalue weighted by molar-refractivity contribution is 6.50. The van der Waals surface area contributed by atoms with Gasteiger partial charge in [0.05, 0.1) is 0 Å². The van der Waals surface area contributed by atoms with E-state index in [1.54, 1.807) is 30.5 Å². The van der Waals surface area contributed by atoms with Crippen molar-refractivity contribution < 1.29 is 9.59 Å². The first kappa shape index (κ1) is 24.5. The zero-order chi connectivity index (χ0) is 25.8. The number of aryl methyl sites for hydroxylation is 1. The molecule has 5 rings (SSSR count). The third kappa shape index (κ3) is 5.32. The van der Waals surface area contributed by atoms with Gasteiger partial charge in [0.1, 0.15) is 16.5 Å². The number of aromatic nitrogens is 1. The molecule has 1 aliphatic rings. The maximum atomic E-state index is 13.6. The normalized spacial score (nSPS) is 12.9. The summed E-state index contributed by atoms with van der Waals surface area (Å²) in [4.78, 5) is 32.9. The summed E-state index contributed by atoms with van der Waals surface area (Å²) in [6.07, 6.45) is 2.57. The number of carbonyl (C=O) groups excluding carboxylic acids is 2. The Labute approximate surface area is 221 Å². The predicted molar refractivity (Wildman–Crippen MR) is 148 cm³/mol. The molecular weight excluding hydrogens is 482 g/mol. The maximum Gasteiger partial charge on any atom is 0.211 e. The Morgan fingerprint density at radius 3 is 2.11 bits per heavy atom. The van der Waals surface area contributed by atoms with E-state index < -0.39 is 0 Å². The summed E-state index contributed by atoms with van der Waals surface area (Å²) in [6, 6.07) is 28.7. The van der Waals surface area contributed by atoms with E-state index in [-0.39, 0.29) is 22.3 Å². The minimum absolute atomic E-state index is 0.0561. The zero-order valence-corrected chi connectivity index (χ0v) is 21.2.